The molecule has 8 heavy (non-hydrogen) atoms. The third kappa shape index (κ3) is 0.841. The topological polar surface area (TPSA) is 17.8 Å². The van der Waals surface area contributed by atoms with Gasteiger partial charge in [0.2, 0.25) is 5.95 Å². The maximum atomic E-state index is 12.4. The Balaban J connectivity index is 3.19. The van der Waals surface area contributed by atoms with Crippen molar-refractivity contribution in [1.29, 1.82) is 0 Å². The van der Waals surface area contributed by atoms with Crippen LogP contribution in [0, 0.1) is 9.52 Å². The summed E-state index contributed by atoms with van der Waals surface area (Å²) in [6.07, 6.45) is 1.48. The maximum absolute atomic E-state index is 12.4. The van der Waals surface area contributed by atoms with Gasteiger partial charge < -0.3 is 0 Å². The van der Waals surface area contributed by atoms with Crippen LogP contribution >= 0.6 is 22.6 Å². The number of aromatic nitrogens is 2. The summed E-state index contributed by atoms with van der Waals surface area (Å²) < 4.78 is 14.1. The monoisotopic (exact) mass is 226 g/mol. The smallest absolute Gasteiger partial charge is 0.224 e. The molecule has 0 unspecified atom stereocenters. The molecule has 0 saturated carbocycles. The van der Waals surface area contributed by atoms with Crippen LogP contribution < -0.4 is 0 Å². The molecule has 0 aliphatic carbocycles. The molecule has 44 valence electrons. The minimum absolute atomic E-state index is 0.273. The molecule has 0 N–H and O–H groups in total. The highest BCUT2D eigenvalue weighted by Crippen LogP contribution is 2.06. The molecule has 0 spiro atoms. The van der Waals surface area contributed by atoms with Crippen molar-refractivity contribution in [3.8, 4) is 0 Å². The third-order valence-electron chi connectivity index (χ3n) is 0.825. The average molecular weight is 226 g/mol. The number of rotatable bonds is 0. The second kappa shape index (κ2) is 2.00. The van der Waals surface area contributed by atoms with Crippen molar-refractivity contribution in [3.05, 3.63) is 15.7 Å². The van der Waals surface area contributed by atoms with E-state index in [1.165, 1.54) is 10.9 Å². The van der Waals surface area contributed by atoms with Crippen LogP contribution in [0.25, 0.3) is 0 Å². The fraction of sp³-hybridized carbons (Fsp3) is 0.250. The molecule has 1 rings (SSSR count). The van der Waals surface area contributed by atoms with E-state index in [-0.39, 0.29) is 5.95 Å². The van der Waals surface area contributed by atoms with E-state index in [0.717, 1.165) is 0 Å². The van der Waals surface area contributed by atoms with Crippen LogP contribution in [0.1, 0.15) is 0 Å². The first-order valence-electron chi connectivity index (χ1n) is 2.05. The van der Waals surface area contributed by atoms with E-state index in [1.807, 2.05) is 22.6 Å². The van der Waals surface area contributed by atoms with Gasteiger partial charge in [-0.15, -0.1) is 0 Å². The van der Waals surface area contributed by atoms with Crippen LogP contribution in [0.4, 0.5) is 4.39 Å². The lowest BCUT2D eigenvalue weighted by atomic mass is 10.7. The average Bonchev–Trinajstić information content (AvgIpc) is 1.98. The van der Waals surface area contributed by atoms with Crippen LogP contribution in [0.15, 0.2) is 6.20 Å². The van der Waals surface area contributed by atoms with Gasteiger partial charge in [-0.25, -0.2) is 4.68 Å². The van der Waals surface area contributed by atoms with Crippen LogP contribution in [0.5, 0.6) is 0 Å². The van der Waals surface area contributed by atoms with Gasteiger partial charge >= 0.3 is 0 Å². The van der Waals surface area contributed by atoms with Crippen molar-refractivity contribution in [2.75, 3.05) is 0 Å². The van der Waals surface area contributed by atoms with Gasteiger partial charge in [-0.1, -0.05) is 0 Å². The summed E-state index contributed by atoms with van der Waals surface area (Å²) in [5, 5.41) is 3.65. The van der Waals surface area contributed by atoms with E-state index in [1.54, 1.807) is 7.05 Å². The summed E-state index contributed by atoms with van der Waals surface area (Å²) >= 11 is 1.89. The van der Waals surface area contributed by atoms with Gasteiger partial charge in [0, 0.05) is 7.05 Å². The molecule has 0 aliphatic rings. The van der Waals surface area contributed by atoms with Gasteiger partial charge in [0.05, 0.1) is 9.77 Å². The Hall–Kier alpha value is -0.130. The van der Waals surface area contributed by atoms with Crippen molar-refractivity contribution in [2.24, 2.45) is 7.05 Å². The second-order valence-corrected chi connectivity index (χ2v) is 2.57. The number of hydrogen-bond donors (Lipinski definition) is 0. The molecule has 0 radical (unpaired) electrons. The van der Waals surface area contributed by atoms with Crippen LogP contribution in [-0.2, 0) is 7.05 Å². The highest BCUT2D eigenvalue weighted by molar-refractivity contribution is 14.1. The molecule has 0 fully saturated rings. The van der Waals surface area contributed by atoms with Crippen molar-refractivity contribution in [3.63, 3.8) is 0 Å². The lowest BCUT2D eigenvalue weighted by Gasteiger charge is -1.85. The fourth-order valence-electron chi connectivity index (χ4n) is 0.396. The number of aryl methyl sites for hydroxylation is 1. The SMILES string of the molecule is Cn1ncc(I)c1F. The third-order valence-corrected chi connectivity index (χ3v) is 1.55. The van der Waals surface area contributed by atoms with Crippen molar-refractivity contribution in [2.45, 2.75) is 0 Å². The van der Waals surface area contributed by atoms with E-state index in [2.05, 4.69) is 5.10 Å². The molecule has 0 atom stereocenters. The summed E-state index contributed by atoms with van der Waals surface area (Å²) in [6.45, 7) is 0. The van der Waals surface area contributed by atoms with Crippen molar-refractivity contribution >= 4 is 22.6 Å². The quantitative estimate of drug-likeness (QED) is 0.607. The molecule has 0 aromatic carbocycles. The van der Waals surface area contributed by atoms with E-state index in [0.29, 0.717) is 3.57 Å². The summed E-state index contributed by atoms with van der Waals surface area (Å²) in [7, 11) is 1.57. The van der Waals surface area contributed by atoms with Crippen molar-refractivity contribution in [1.82, 2.24) is 9.78 Å². The van der Waals surface area contributed by atoms with E-state index in [4.69, 9.17) is 0 Å². The molecule has 0 amide bonds. The summed E-state index contributed by atoms with van der Waals surface area (Å²) in [5.74, 6) is -0.273. The normalized spacial score (nSPS) is 9.88. The highest BCUT2D eigenvalue weighted by atomic mass is 127. The second-order valence-electron chi connectivity index (χ2n) is 1.41. The standard InChI is InChI=1S/C4H4FIN2/c1-8-4(5)3(6)2-7-8/h2H,1H3. The molecule has 1 heterocycles. The summed E-state index contributed by atoms with van der Waals surface area (Å²) in [6, 6.07) is 0. The largest absolute Gasteiger partial charge is 0.242 e. The first-order chi connectivity index (χ1) is 3.72. The minimum Gasteiger partial charge on any atom is -0.242 e. The van der Waals surface area contributed by atoms with E-state index >= 15 is 0 Å². The van der Waals surface area contributed by atoms with Gasteiger partial charge in [-0.2, -0.15) is 9.49 Å². The number of hydrogen-bond acceptors (Lipinski definition) is 1. The lowest BCUT2D eigenvalue weighted by Crippen LogP contribution is -1.93. The lowest BCUT2D eigenvalue weighted by molar-refractivity contribution is 0.499. The first kappa shape index (κ1) is 6.00. The van der Waals surface area contributed by atoms with Gasteiger partial charge in [-0.05, 0) is 22.6 Å². The Morgan fingerprint density at radius 1 is 1.88 bits per heavy atom. The molecule has 0 aliphatic heterocycles. The van der Waals surface area contributed by atoms with Crippen LogP contribution in [0.2, 0.25) is 0 Å². The van der Waals surface area contributed by atoms with Crippen LogP contribution in [-0.4, -0.2) is 9.78 Å². The molecular weight excluding hydrogens is 222 g/mol. The zero-order chi connectivity index (χ0) is 6.15. The van der Waals surface area contributed by atoms with Gasteiger partial charge in [0.1, 0.15) is 0 Å². The summed E-state index contributed by atoms with van der Waals surface area (Å²) in [4.78, 5) is 0. The van der Waals surface area contributed by atoms with Gasteiger partial charge in [-0.3, -0.25) is 0 Å². The molecule has 0 saturated heterocycles. The Kier molecular flexibility index (Phi) is 1.50. The molecule has 0 bridgehead atoms. The van der Waals surface area contributed by atoms with Crippen LogP contribution in [0.3, 0.4) is 0 Å². The number of halogens is 2. The number of nitrogens with zero attached hydrogens (tertiary/aromatic N) is 2. The zero-order valence-electron chi connectivity index (χ0n) is 4.23. The maximum Gasteiger partial charge on any atom is 0.224 e. The van der Waals surface area contributed by atoms with Gasteiger partial charge in [0.15, 0.2) is 0 Å². The predicted molar refractivity (Wildman–Crippen MR) is 35.9 cm³/mol. The minimum atomic E-state index is -0.273. The Bertz CT molecular complexity index is 176. The molecule has 1 aromatic heterocycles. The predicted octanol–water partition coefficient (Wildman–Crippen LogP) is 1.16. The zero-order valence-corrected chi connectivity index (χ0v) is 6.39. The van der Waals surface area contributed by atoms with Gasteiger partial charge in [0.25, 0.3) is 0 Å². The Morgan fingerprint density at radius 2 is 2.50 bits per heavy atom. The summed E-state index contributed by atoms with van der Waals surface area (Å²) in [5.41, 5.74) is 0. The molecular formula is C4H4FIN2. The molecule has 1 aromatic rings. The molecule has 4 heteroatoms. The first-order valence-corrected chi connectivity index (χ1v) is 3.12. The molecule has 2 nitrogen and oxygen atoms in total. The Labute approximate surface area is 59.8 Å². The highest BCUT2D eigenvalue weighted by Gasteiger charge is 2.00. The Morgan fingerprint density at radius 3 is 2.62 bits per heavy atom. The van der Waals surface area contributed by atoms with Crippen molar-refractivity contribution < 1.29 is 4.39 Å². The fourth-order valence-corrected chi connectivity index (χ4v) is 0.869. The van der Waals surface area contributed by atoms with E-state index < -0.39 is 0 Å². The van der Waals surface area contributed by atoms with E-state index in [9.17, 15) is 4.39 Å².